The fourth-order valence-corrected chi connectivity index (χ4v) is 3.55. The number of methoxy groups -OCH3 is 1. The molecule has 0 radical (unpaired) electrons. The Hall–Kier alpha value is -1.27. The first kappa shape index (κ1) is 14.1. The van der Waals surface area contributed by atoms with Crippen LogP contribution in [0.5, 0.6) is 5.75 Å². The third-order valence-electron chi connectivity index (χ3n) is 3.51. The predicted octanol–water partition coefficient (Wildman–Crippen LogP) is 1.66. The topological polar surface area (TPSA) is 81.4 Å². The Bertz CT molecular complexity index is 580. The number of hydrogen-bond acceptors (Lipinski definition) is 4. The summed E-state index contributed by atoms with van der Waals surface area (Å²) in [4.78, 5) is 0.102. The summed E-state index contributed by atoms with van der Waals surface area (Å²) in [5.41, 5.74) is 7.04. The molecule has 1 aliphatic rings. The van der Waals surface area contributed by atoms with Gasteiger partial charge in [-0.25, -0.2) is 13.1 Å². The molecule has 106 valence electrons. The van der Waals surface area contributed by atoms with Gasteiger partial charge >= 0.3 is 0 Å². The van der Waals surface area contributed by atoms with E-state index in [4.69, 9.17) is 10.5 Å². The van der Waals surface area contributed by atoms with Crippen molar-refractivity contribution in [3.05, 3.63) is 17.7 Å². The molecule has 1 atom stereocenters. The molecule has 0 saturated heterocycles. The summed E-state index contributed by atoms with van der Waals surface area (Å²) in [7, 11) is -2.15. The van der Waals surface area contributed by atoms with E-state index in [2.05, 4.69) is 4.72 Å². The molecule has 1 fully saturated rings. The maximum Gasteiger partial charge on any atom is 0.244 e. The van der Waals surface area contributed by atoms with E-state index in [1.807, 2.05) is 13.8 Å². The molecule has 0 aliphatic heterocycles. The number of anilines is 1. The predicted molar refractivity (Wildman–Crippen MR) is 74.7 cm³/mol. The Morgan fingerprint density at radius 2 is 2.05 bits per heavy atom. The monoisotopic (exact) mass is 284 g/mol. The second kappa shape index (κ2) is 5.02. The largest absolute Gasteiger partial charge is 0.495 e. The lowest BCUT2D eigenvalue weighted by atomic mass is 10.2. The van der Waals surface area contributed by atoms with Crippen molar-refractivity contribution >= 4 is 15.7 Å². The second-order valence-corrected chi connectivity index (χ2v) is 6.79. The van der Waals surface area contributed by atoms with Gasteiger partial charge in [0.25, 0.3) is 0 Å². The van der Waals surface area contributed by atoms with Crippen molar-refractivity contribution in [1.29, 1.82) is 0 Å². The lowest BCUT2D eigenvalue weighted by Crippen LogP contribution is -2.34. The average molecular weight is 284 g/mol. The van der Waals surface area contributed by atoms with Crippen LogP contribution in [0.2, 0.25) is 0 Å². The molecule has 1 aromatic carbocycles. The minimum atomic E-state index is -3.60. The molecule has 5 nitrogen and oxygen atoms in total. The fraction of sp³-hybridized carbons (Fsp3) is 0.538. The van der Waals surface area contributed by atoms with Crippen LogP contribution >= 0.6 is 0 Å². The van der Waals surface area contributed by atoms with E-state index in [0.29, 0.717) is 17.4 Å². The van der Waals surface area contributed by atoms with Crippen molar-refractivity contribution in [1.82, 2.24) is 4.72 Å². The number of aryl methyl sites for hydroxylation is 1. The average Bonchev–Trinajstić information content (AvgIpc) is 3.15. The van der Waals surface area contributed by atoms with E-state index in [1.165, 1.54) is 13.2 Å². The smallest absolute Gasteiger partial charge is 0.244 e. The molecular formula is C13H20N2O3S. The summed E-state index contributed by atoms with van der Waals surface area (Å²) >= 11 is 0. The molecule has 0 heterocycles. The summed E-state index contributed by atoms with van der Waals surface area (Å²) in [6.45, 7) is 3.70. The summed E-state index contributed by atoms with van der Waals surface area (Å²) in [6, 6.07) is 3.04. The summed E-state index contributed by atoms with van der Waals surface area (Å²) in [5, 5.41) is 0. The Balaban J connectivity index is 2.35. The molecule has 3 N–H and O–H groups in total. The van der Waals surface area contributed by atoms with Crippen LogP contribution < -0.4 is 15.2 Å². The van der Waals surface area contributed by atoms with E-state index >= 15 is 0 Å². The minimum Gasteiger partial charge on any atom is -0.495 e. The summed E-state index contributed by atoms with van der Waals surface area (Å²) in [6.07, 6.45) is 2.16. The normalized spacial score (nSPS) is 17.2. The Kier molecular flexibility index (Phi) is 3.73. The quantitative estimate of drug-likeness (QED) is 0.806. The molecular weight excluding hydrogens is 264 g/mol. The highest BCUT2D eigenvalue weighted by Crippen LogP contribution is 2.34. The number of benzene rings is 1. The first-order valence-electron chi connectivity index (χ1n) is 6.31. The van der Waals surface area contributed by atoms with E-state index in [-0.39, 0.29) is 10.9 Å². The minimum absolute atomic E-state index is 0.0581. The maximum atomic E-state index is 12.4. The maximum absolute atomic E-state index is 12.4. The van der Waals surface area contributed by atoms with Crippen LogP contribution in [0, 0.1) is 12.8 Å². The van der Waals surface area contributed by atoms with E-state index in [9.17, 15) is 8.42 Å². The third-order valence-corrected chi connectivity index (χ3v) is 5.09. The molecule has 0 amide bonds. The van der Waals surface area contributed by atoms with Gasteiger partial charge in [0.05, 0.1) is 7.11 Å². The Labute approximate surface area is 114 Å². The lowest BCUT2D eigenvalue weighted by molar-refractivity contribution is 0.401. The van der Waals surface area contributed by atoms with Gasteiger partial charge < -0.3 is 10.5 Å². The first-order chi connectivity index (χ1) is 8.85. The molecule has 1 aromatic rings. The second-order valence-electron chi connectivity index (χ2n) is 5.11. The molecule has 6 heteroatoms. The fourth-order valence-electron chi connectivity index (χ4n) is 2.05. The van der Waals surface area contributed by atoms with E-state index < -0.39 is 10.0 Å². The number of nitrogens with one attached hydrogen (secondary N) is 1. The number of hydrogen-bond donors (Lipinski definition) is 2. The van der Waals surface area contributed by atoms with Crippen molar-refractivity contribution in [2.24, 2.45) is 5.92 Å². The van der Waals surface area contributed by atoms with Crippen LogP contribution in [0.3, 0.4) is 0 Å². The SMILES string of the molecule is COc1cc(C)c(N)cc1S(=O)(=O)NC(C)C1CC1. The standard InChI is InChI=1S/C13H20N2O3S/c1-8-6-12(18-3)13(7-11(8)14)19(16,17)15-9(2)10-4-5-10/h6-7,9-10,15H,4-5,14H2,1-3H3. The first-order valence-corrected chi connectivity index (χ1v) is 7.80. The molecule has 0 bridgehead atoms. The summed E-state index contributed by atoms with van der Waals surface area (Å²) < 4.78 is 32.6. The van der Waals surface area contributed by atoms with Crippen LogP contribution in [0.4, 0.5) is 5.69 Å². The molecule has 1 unspecified atom stereocenters. The zero-order chi connectivity index (χ0) is 14.2. The van der Waals surface area contributed by atoms with Gasteiger partial charge in [-0.3, -0.25) is 0 Å². The number of rotatable bonds is 5. The van der Waals surface area contributed by atoms with Gasteiger partial charge in [0.15, 0.2) is 0 Å². The van der Waals surface area contributed by atoms with E-state index in [0.717, 1.165) is 18.4 Å². The number of nitrogens with two attached hydrogens (primary N) is 1. The number of nitrogen functional groups attached to an aromatic ring is 1. The highest BCUT2D eigenvalue weighted by molar-refractivity contribution is 7.89. The van der Waals surface area contributed by atoms with Crippen LogP contribution in [0.1, 0.15) is 25.3 Å². The molecule has 1 aliphatic carbocycles. The van der Waals surface area contributed by atoms with Crippen molar-refractivity contribution in [2.75, 3.05) is 12.8 Å². The van der Waals surface area contributed by atoms with Crippen molar-refractivity contribution in [3.8, 4) is 5.75 Å². The molecule has 0 aromatic heterocycles. The van der Waals surface area contributed by atoms with Crippen LogP contribution in [0.15, 0.2) is 17.0 Å². The highest BCUT2D eigenvalue weighted by Gasteiger charge is 2.32. The molecule has 2 rings (SSSR count). The van der Waals surface area contributed by atoms with Crippen LogP contribution in [-0.2, 0) is 10.0 Å². The van der Waals surface area contributed by atoms with Gasteiger partial charge in [-0.15, -0.1) is 0 Å². The number of ether oxygens (including phenoxy) is 1. The van der Waals surface area contributed by atoms with Crippen molar-refractivity contribution in [3.63, 3.8) is 0 Å². The van der Waals surface area contributed by atoms with Gasteiger partial charge in [0.2, 0.25) is 10.0 Å². The van der Waals surface area contributed by atoms with Crippen LogP contribution in [-0.4, -0.2) is 21.6 Å². The Morgan fingerprint density at radius 1 is 1.42 bits per heavy atom. The van der Waals surface area contributed by atoms with Gasteiger partial charge in [0.1, 0.15) is 10.6 Å². The van der Waals surface area contributed by atoms with Crippen molar-refractivity contribution < 1.29 is 13.2 Å². The Morgan fingerprint density at radius 3 is 2.58 bits per heavy atom. The third kappa shape index (κ3) is 3.01. The van der Waals surface area contributed by atoms with Crippen LogP contribution in [0.25, 0.3) is 0 Å². The van der Waals surface area contributed by atoms with Gasteiger partial charge in [-0.1, -0.05) is 0 Å². The molecule has 1 saturated carbocycles. The zero-order valence-electron chi connectivity index (χ0n) is 11.4. The highest BCUT2D eigenvalue weighted by atomic mass is 32.2. The molecule has 19 heavy (non-hydrogen) atoms. The van der Waals surface area contributed by atoms with Gasteiger partial charge in [-0.2, -0.15) is 0 Å². The summed E-state index contributed by atoms with van der Waals surface area (Å²) in [5.74, 6) is 0.769. The van der Waals surface area contributed by atoms with E-state index in [1.54, 1.807) is 6.07 Å². The van der Waals surface area contributed by atoms with Gasteiger partial charge in [-0.05, 0) is 50.3 Å². The number of sulfonamides is 1. The lowest BCUT2D eigenvalue weighted by Gasteiger charge is -2.16. The van der Waals surface area contributed by atoms with Crippen molar-refractivity contribution in [2.45, 2.75) is 37.6 Å². The zero-order valence-corrected chi connectivity index (χ0v) is 12.3. The molecule has 0 spiro atoms. The van der Waals surface area contributed by atoms with Gasteiger partial charge in [0, 0.05) is 11.7 Å².